The number of benzene rings is 1. The van der Waals surface area contributed by atoms with E-state index in [1.54, 1.807) is 0 Å². The van der Waals surface area contributed by atoms with Crippen LogP contribution in [0.2, 0.25) is 0 Å². The van der Waals surface area contributed by atoms with Crippen molar-refractivity contribution < 1.29 is 4.74 Å². The Morgan fingerprint density at radius 2 is 1.95 bits per heavy atom. The number of likely N-dealkylation sites (N-methyl/N-ethyl adjacent to an activating group) is 1. The Labute approximate surface area is 118 Å². The summed E-state index contributed by atoms with van der Waals surface area (Å²) in [4.78, 5) is 2.34. The van der Waals surface area contributed by atoms with Gasteiger partial charge in [-0.05, 0) is 50.0 Å². The van der Waals surface area contributed by atoms with Crippen molar-refractivity contribution in [3.05, 3.63) is 29.3 Å². The van der Waals surface area contributed by atoms with Crippen LogP contribution in [0.25, 0.3) is 0 Å². The second-order valence-electron chi connectivity index (χ2n) is 5.70. The molecule has 0 N–H and O–H groups in total. The second-order valence-corrected chi connectivity index (χ2v) is 5.70. The third-order valence-corrected chi connectivity index (χ3v) is 3.42. The molecular weight excluding hydrogens is 234 g/mol. The van der Waals surface area contributed by atoms with E-state index in [-0.39, 0.29) is 0 Å². The van der Waals surface area contributed by atoms with Gasteiger partial charge >= 0.3 is 0 Å². The molecule has 0 atom stereocenters. The molecule has 1 rings (SSSR count). The van der Waals surface area contributed by atoms with E-state index >= 15 is 0 Å². The molecule has 0 saturated carbocycles. The quantitative estimate of drug-likeness (QED) is 0.696. The molecule has 0 bridgehead atoms. The van der Waals surface area contributed by atoms with E-state index in [0.717, 1.165) is 25.4 Å². The highest BCUT2D eigenvalue weighted by Gasteiger charge is 2.08. The molecule has 0 aliphatic rings. The predicted molar refractivity (Wildman–Crippen MR) is 83.2 cm³/mol. The van der Waals surface area contributed by atoms with Crippen molar-refractivity contribution in [2.24, 2.45) is 0 Å². The summed E-state index contributed by atoms with van der Waals surface area (Å²) in [6.45, 7) is 11.7. The number of hydrogen-bond donors (Lipinski definition) is 0. The Morgan fingerprint density at radius 1 is 1.21 bits per heavy atom. The van der Waals surface area contributed by atoms with Crippen LogP contribution in [0.15, 0.2) is 18.2 Å². The molecule has 1 aromatic rings. The minimum Gasteiger partial charge on any atom is -0.492 e. The van der Waals surface area contributed by atoms with Gasteiger partial charge in [0.25, 0.3) is 0 Å². The molecule has 1 aromatic carbocycles. The highest BCUT2D eigenvalue weighted by atomic mass is 16.5. The maximum absolute atomic E-state index is 5.99. The average molecular weight is 263 g/mol. The monoisotopic (exact) mass is 263 g/mol. The van der Waals surface area contributed by atoms with Crippen LogP contribution < -0.4 is 4.74 Å². The van der Waals surface area contributed by atoms with Crippen molar-refractivity contribution in [2.75, 3.05) is 26.7 Å². The van der Waals surface area contributed by atoms with Gasteiger partial charge in [0.1, 0.15) is 12.4 Å². The first-order valence-corrected chi connectivity index (χ1v) is 7.46. The fourth-order valence-corrected chi connectivity index (χ4v) is 2.09. The lowest BCUT2D eigenvalue weighted by Gasteiger charge is -2.19. The van der Waals surface area contributed by atoms with Crippen LogP contribution >= 0.6 is 0 Å². The maximum Gasteiger partial charge on any atom is 0.123 e. The Kier molecular flexibility index (Phi) is 6.93. The Bertz CT molecular complexity index is 374. The molecule has 0 aliphatic heterocycles. The average Bonchev–Trinajstić information content (AvgIpc) is 2.36. The van der Waals surface area contributed by atoms with Crippen LogP contribution in [-0.2, 0) is 0 Å². The fourth-order valence-electron chi connectivity index (χ4n) is 2.09. The molecule has 0 saturated heterocycles. The highest BCUT2D eigenvalue weighted by Crippen LogP contribution is 2.27. The van der Waals surface area contributed by atoms with Crippen molar-refractivity contribution in [1.82, 2.24) is 4.90 Å². The van der Waals surface area contributed by atoms with Crippen molar-refractivity contribution in [2.45, 2.75) is 46.5 Å². The molecule has 0 amide bonds. The summed E-state index contributed by atoms with van der Waals surface area (Å²) in [5.41, 5.74) is 2.57. The van der Waals surface area contributed by atoms with Gasteiger partial charge in [-0.1, -0.05) is 39.3 Å². The number of rotatable bonds is 8. The third-order valence-electron chi connectivity index (χ3n) is 3.42. The molecule has 0 unspecified atom stereocenters. The summed E-state index contributed by atoms with van der Waals surface area (Å²) in [6, 6.07) is 6.51. The standard InChI is InChI=1S/C17H29NO/c1-6-7-10-18(5)11-12-19-17-13-15(4)8-9-16(17)14(2)3/h8-9,13-14H,6-7,10-12H2,1-5H3. The van der Waals surface area contributed by atoms with Crippen molar-refractivity contribution >= 4 is 0 Å². The van der Waals surface area contributed by atoms with Crippen molar-refractivity contribution in [3.8, 4) is 5.75 Å². The molecule has 19 heavy (non-hydrogen) atoms. The van der Waals surface area contributed by atoms with E-state index in [1.807, 2.05) is 0 Å². The summed E-state index contributed by atoms with van der Waals surface area (Å²) in [5, 5.41) is 0. The smallest absolute Gasteiger partial charge is 0.123 e. The zero-order valence-corrected chi connectivity index (χ0v) is 13.2. The zero-order valence-electron chi connectivity index (χ0n) is 13.2. The fraction of sp³-hybridized carbons (Fsp3) is 0.647. The number of ether oxygens (including phenoxy) is 1. The lowest BCUT2D eigenvalue weighted by atomic mass is 10.0. The molecule has 0 aliphatic carbocycles. The lowest BCUT2D eigenvalue weighted by molar-refractivity contribution is 0.233. The first-order chi connectivity index (χ1) is 9.04. The van der Waals surface area contributed by atoms with Crippen molar-refractivity contribution in [3.63, 3.8) is 0 Å². The van der Waals surface area contributed by atoms with E-state index in [1.165, 1.54) is 24.0 Å². The first-order valence-electron chi connectivity index (χ1n) is 7.46. The van der Waals surface area contributed by atoms with Crippen LogP contribution in [0, 0.1) is 6.92 Å². The molecule has 2 heteroatoms. The lowest BCUT2D eigenvalue weighted by Crippen LogP contribution is -2.25. The van der Waals surface area contributed by atoms with E-state index in [0.29, 0.717) is 5.92 Å². The normalized spacial score (nSPS) is 11.3. The molecule has 2 nitrogen and oxygen atoms in total. The van der Waals surface area contributed by atoms with Gasteiger partial charge in [-0.15, -0.1) is 0 Å². The van der Waals surface area contributed by atoms with E-state index in [2.05, 4.69) is 57.8 Å². The number of unbranched alkanes of at least 4 members (excludes halogenated alkanes) is 1. The first kappa shape index (κ1) is 16.0. The van der Waals surface area contributed by atoms with Gasteiger partial charge in [0.2, 0.25) is 0 Å². The maximum atomic E-state index is 5.99. The number of nitrogens with zero attached hydrogens (tertiary/aromatic N) is 1. The predicted octanol–water partition coefficient (Wildman–Crippen LogP) is 4.23. The summed E-state index contributed by atoms with van der Waals surface area (Å²) < 4.78 is 5.99. The molecule has 0 spiro atoms. The molecule has 108 valence electrons. The number of hydrogen-bond acceptors (Lipinski definition) is 2. The minimum absolute atomic E-state index is 0.508. The molecule has 0 heterocycles. The Morgan fingerprint density at radius 3 is 2.58 bits per heavy atom. The van der Waals surface area contributed by atoms with Crippen LogP contribution in [0.3, 0.4) is 0 Å². The van der Waals surface area contributed by atoms with Gasteiger partial charge in [0, 0.05) is 6.54 Å². The van der Waals surface area contributed by atoms with Crippen LogP contribution in [0.4, 0.5) is 0 Å². The summed E-state index contributed by atoms with van der Waals surface area (Å²) in [6.07, 6.45) is 2.51. The Balaban J connectivity index is 2.50. The Hall–Kier alpha value is -1.02. The van der Waals surface area contributed by atoms with Crippen molar-refractivity contribution in [1.29, 1.82) is 0 Å². The summed E-state index contributed by atoms with van der Waals surface area (Å²) >= 11 is 0. The van der Waals surface area contributed by atoms with Gasteiger partial charge in [0.05, 0.1) is 0 Å². The van der Waals surface area contributed by atoms with Gasteiger partial charge in [-0.25, -0.2) is 0 Å². The largest absolute Gasteiger partial charge is 0.492 e. The van der Waals surface area contributed by atoms with E-state index in [9.17, 15) is 0 Å². The molecule has 0 radical (unpaired) electrons. The van der Waals surface area contributed by atoms with Crippen LogP contribution in [-0.4, -0.2) is 31.6 Å². The highest BCUT2D eigenvalue weighted by molar-refractivity contribution is 5.39. The minimum atomic E-state index is 0.508. The van der Waals surface area contributed by atoms with E-state index in [4.69, 9.17) is 4.74 Å². The molecular formula is C17H29NO. The topological polar surface area (TPSA) is 12.5 Å². The third kappa shape index (κ3) is 5.65. The van der Waals surface area contributed by atoms with Crippen LogP contribution in [0.1, 0.15) is 50.7 Å². The zero-order chi connectivity index (χ0) is 14.3. The van der Waals surface area contributed by atoms with Gasteiger partial charge in [0.15, 0.2) is 0 Å². The van der Waals surface area contributed by atoms with Crippen LogP contribution in [0.5, 0.6) is 5.75 Å². The van der Waals surface area contributed by atoms with Gasteiger partial charge in [-0.3, -0.25) is 0 Å². The molecule has 0 fully saturated rings. The van der Waals surface area contributed by atoms with E-state index < -0.39 is 0 Å². The van der Waals surface area contributed by atoms with Gasteiger partial charge < -0.3 is 9.64 Å². The second kappa shape index (κ2) is 8.21. The number of aryl methyl sites for hydroxylation is 1. The summed E-state index contributed by atoms with van der Waals surface area (Å²) in [7, 11) is 2.17. The summed E-state index contributed by atoms with van der Waals surface area (Å²) in [5.74, 6) is 1.56. The SMILES string of the molecule is CCCCN(C)CCOc1cc(C)ccc1C(C)C. The molecule has 0 aromatic heterocycles. The van der Waals surface area contributed by atoms with Gasteiger partial charge in [-0.2, -0.15) is 0 Å².